The molecule has 7 nitrogen and oxygen atoms in total. The number of amides is 3. The van der Waals surface area contributed by atoms with E-state index in [0.717, 1.165) is 11.1 Å². The summed E-state index contributed by atoms with van der Waals surface area (Å²) in [5.41, 5.74) is 12.5. The summed E-state index contributed by atoms with van der Waals surface area (Å²) in [6.07, 6.45) is 1.43. The Labute approximate surface area is 142 Å². The quantitative estimate of drug-likeness (QED) is 0.677. The number of aromatic nitrogens is 2. The maximum absolute atomic E-state index is 13.3. The largest absolute Gasteiger partial charge is 0.364 e. The van der Waals surface area contributed by atoms with Gasteiger partial charge in [-0.2, -0.15) is 5.10 Å². The van der Waals surface area contributed by atoms with Gasteiger partial charge in [-0.3, -0.25) is 4.79 Å². The topological polar surface area (TPSA) is 116 Å². The Bertz CT molecular complexity index is 950. The summed E-state index contributed by atoms with van der Waals surface area (Å²) in [6.45, 7) is 0. The minimum atomic E-state index is -0.830. The van der Waals surface area contributed by atoms with Crippen LogP contribution in [0.4, 0.5) is 14.9 Å². The molecule has 1 aromatic heterocycles. The van der Waals surface area contributed by atoms with Crippen molar-refractivity contribution >= 4 is 17.6 Å². The molecule has 126 valence electrons. The molecular formula is C17H14FN5O2. The van der Waals surface area contributed by atoms with Crippen LogP contribution in [0.3, 0.4) is 0 Å². The molecule has 0 unspecified atom stereocenters. The molecule has 0 radical (unpaired) electrons. The number of nitrogens with zero attached hydrogens (tertiary/aromatic N) is 2. The Morgan fingerprint density at radius 1 is 1.04 bits per heavy atom. The van der Waals surface area contributed by atoms with Crippen molar-refractivity contribution in [1.82, 2.24) is 9.78 Å². The van der Waals surface area contributed by atoms with Gasteiger partial charge >= 0.3 is 6.03 Å². The third-order valence-corrected chi connectivity index (χ3v) is 3.50. The van der Waals surface area contributed by atoms with Crippen LogP contribution in [-0.4, -0.2) is 21.7 Å². The molecule has 3 amide bonds. The van der Waals surface area contributed by atoms with Gasteiger partial charge in [0.05, 0.1) is 17.6 Å². The summed E-state index contributed by atoms with van der Waals surface area (Å²) in [4.78, 5) is 22.4. The Hall–Kier alpha value is -3.68. The normalized spacial score (nSPS) is 10.4. The first-order valence-electron chi connectivity index (χ1n) is 7.26. The van der Waals surface area contributed by atoms with Crippen molar-refractivity contribution in [2.24, 2.45) is 11.5 Å². The molecule has 0 aliphatic carbocycles. The zero-order valence-corrected chi connectivity index (χ0v) is 12.9. The molecule has 0 aliphatic rings. The SMILES string of the molecule is NC(=O)Nc1cn(-c2ccc(-c3cccc(F)c3)cc2)nc1C(N)=O. The minimum Gasteiger partial charge on any atom is -0.364 e. The molecule has 8 heteroatoms. The number of nitrogens with two attached hydrogens (primary N) is 2. The number of rotatable bonds is 4. The van der Waals surface area contributed by atoms with Gasteiger partial charge in [0.15, 0.2) is 5.69 Å². The van der Waals surface area contributed by atoms with Crippen LogP contribution in [0.1, 0.15) is 10.5 Å². The van der Waals surface area contributed by atoms with Crippen LogP contribution in [0, 0.1) is 5.82 Å². The van der Waals surface area contributed by atoms with Gasteiger partial charge in [-0.05, 0) is 35.4 Å². The summed E-state index contributed by atoms with van der Waals surface area (Å²) in [5, 5.41) is 6.36. The number of carbonyl (C=O) groups excluding carboxylic acids is 2. The van der Waals surface area contributed by atoms with E-state index in [1.807, 2.05) is 0 Å². The van der Waals surface area contributed by atoms with E-state index >= 15 is 0 Å². The average molecular weight is 339 g/mol. The number of primary amides is 2. The van der Waals surface area contributed by atoms with Crippen molar-refractivity contribution in [2.75, 3.05) is 5.32 Å². The molecule has 1 heterocycles. The predicted octanol–water partition coefficient (Wildman–Crippen LogP) is 2.27. The van der Waals surface area contributed by atoms with Crippen LogP contribution >= 0.6 is 0 Å². The Morgan fingerprint density at radius 2 is 1.76 bits per heavy atom. The molecule has 0 spiro atoms. The molecule has 0 bridgehead atoms. The second kappa shape index (κ2) is 6.44. The Balaban J connectivity index is 1.94. The highest BCUT2D eigenvalue weighted by molar-refractivity contribution is 6.00. The number of halogens is 1. The number of benzene rings is 2. The fraction of sp³-hybridized carbons (Fsp3) is 0. The van der Waals surface area contributed by atoms with E-state index in [0.29, 0.717) is 5.69 Å². The summed E-state index contributed by atoms with van der Waals surface area (Å²) in [7, 11) is 0. The predicted molar refractivity (Wildman–Crippen MR) is 90.7 cm³/mol. The second-order valence-corrected chi connectivity index (χ2v) is 5.25. The molecule has 0 saturated carbocycles. The molecule has 3 rings (SSSR count). The Kier molecular flexibility index (Phi) is 4.17. The van der Waals surface area contributed by atoms with E-state index in [2.05, 4.69) is 10.4 Å². The van der Waals surface area contributed by atoms with Crippen LogP contribution < -0.4 is 16.8 Å². The fourth-order valence-electron chi connectivity index (χ4n) is 2.39. The summed E-state index contributed by atoms with van der Waals surface area (Å²) in [6, 6.07) is 12.5. The third kappa shape index (κ3) is 3.47. The van der Waals surface area contributed by atoms with Gasteiger partial charge in [0.25, 0.3) is 5.91 Å². The lowest BCUT2D eigenvalue weighted by Crippen LogP contribution is -2.22. The summed E-state index contributed by atoms with van der Waals surface area (Å²) >= 11 is 0. The molecule has 25 heavy (non-hydrogen) atoms. The van der Waals surface area contributed by atoms with Gasteiger partial charge in [0.1, 0.15) is 5.82 Å². The number of carbonyl (C=O) groups is 2. The summed E-state index contributed by atoms with van der Waals surface area (Å²) < 4.78 is 14.7. The van der Waals surface area contributed by atoms with Crippen molar-refractivity contribution in [3.8, 4) is 16.8 Å². The zero-order chi connectivity index (χ0) is 18.0. The van der Waals surface area contributed by atoms with Gasteiger partial charge < -0.3 is 16.8 Å². The first kappa shape index (κ1) is 16.2. The average Bonchev–Trinajstić information content (AvgIpc) is 2.98. The lowest BCUT2D eigenvalue weighted by Gasteiger charge is -2.05. The van der Waals surface area contributed by atoms with Crippen LogP contribution in [0.2, 0.25) is 0 Å². The van der Waals surface area contributed by atoms with E-state index in [-0.39, 0.29) is 17.2 Å². The van der Waals surface area contributed by atoms with Crippen LogP contribution in [0.5, 0.6) is 0 Å². The number of anilines is 1. The van der Waals surface area contributed by atoms with E-state index in [1.54, 1.807) is 36.4 Å². The van der Waals surface area contributed by atoms with E-state index in [4.69, 9.17) is 11.5 Å². The lowest BCUT2D eigenvalue weighted by atomic mass is 10.1. The first-order chi connectivity index (χ1) is 11.9. The smallest absolute Gasteiger partial charge is 0.316 e. The molecular weight excluding hydrogens is 325 g/mol. The molecule has 2 aromatic carbocycles. The van der Waals surface area contributed by atoms with Crippen LogP contribution in [-0.2, 0) is 0 Å². The van der Waals surface area contributed by atoms with Crippen LogP contribution in [0.15, 0.2) is 54.7 Å². The fourth-order valence-corrected chi connectivity index (χ4v) is 2.39. The van der Waals surface area contributed by atoms with Gasteiger partial charge in [0, 0.05) is 0 Å². The molecule has 0 aliphatic heterocycles. The zero-order valence-electron chi connectivity index (χ0n) is 12.9. The maximum Gasteiger partial charge on any atom is 0.316 e. The number of hydrogen-bond donors (Lipinski definition) is 3. The second-order valence-electron chi connectivity index (χ2n) is 5.25. The van der Waals surface area contributed by atoms with E-state index in [9.17, 15) is 14.0 Å². The molecule has 0 saturated heterocycles. The van der Waals surface area contributed by atoms with Crippen molar-refractivity contribution in [2.45, 2.75) is 0 Å². The van der Waals surface area contributed by atoms with Gasteiger partial charge in [-0.25, -0.2) is 13.9 Å². The number of hydrogen-bond acceptors (Lipinski definition) is 3. The van der Waals surface area contributed by atoms with Crippen LogP contribution in [0.25, 0.3) is 16.8 Å². The van der Waals surface area contributed by atoms with Crippen molar-refractivity contribution < 1.29 is 14.0 Å². The van der Waals surface area contributed by atoms with Gasteiger partial charge in [0.2, 0.25) is 0 Å². The molecule has 0 atom stereocenters. The van der Waals surface area contributed by atoms with E-state index in [1.165, 1.54) is 23.0 Å². The number of urea groups is 1. The highest BCUT2D eigenvalue weighted by atomic mass is 19.1. The molecule has 3 aromatic rings. The highest BCUT2D eigenvalue weighted by Crippen LogP contribution is 2.23. The third-order valence-electron chi connectivity index (χ3n) is 3.50. The Morgan fingerprint density at radius 3 is 2.36 bits per heavy atom. The van der Waals surface area contributed by atoms with Crippen molar-refractivity contribution in [3.05, 3.63) is 66.2 Å². The molecule has 0 fully saturated rings. The highest BCUT2D eigenvalue weighted by Gasteiger charge is 2.16. The summed E-state index contributed by atoms with van der Waals surface area (Å²) in [5.74, 6) is -1.11. The maximum atomic E-state index is 13.3. The van der Waals surface area contributed by atoms with E-state index < -0.39 is 11.9 Å². The standard InChI is InChI=1S/C17H14FN5O2/c18-12-3-1-2-11(8-12)10-4-6-13(7-5-10)23-9-14(21-17(20)25)15(22-23)16(19)24/h1-9H,(H2,19,24)(H3,20,21,25). The lowest BCUT2D eigenvalue weighted by molar-refractivity contribution is 0.0996. The first-order valence-corrected chi connectivity index (χ1v) is 7.26. The van der Waals surface area contributed by atoms with Crippen molar-refractivity contribution in [1.29, 1.82) is 0 Å². The number of nitrogens with one attached hydrogen (secondary N) is 1. The van der Waals surface area contributed by atoms with Crippen molar-refractivity contribution in [3.63, 3.8) is 0 Å². The minimum absolute atomic E-state index is 0.104. The van der Waals surface area contributed by atoms with Gasteiger partial charge in [-0.15, -0.1) is 0 Å². The molecule has 5 N–H and O–H groups in total. The monoisotopic (exact) mass is 339 g/mol. The van der Waals surface area contributed by atoms with Gasteiger partial charge in [-0.1, -0.05) is 24.3 Å².